The Morgan fingerprint density at radius 1 is 0.966 bits per heavy atom. The van der Waals surface area contributed by atoms with Crippen LogP contribution in [0.25, 0.3) is 0 Å². The van der Waals surface area contributed by atoms with Crippen LogP contribution in [-0.2, 0) is 14.9 Å². The molecule has 1 fully saturated rings. The largest absolute Gasteiger partial charge is 0.421 e. The molecule has 0 heterocycles. The molecule has 0 aliphatic heterocycles. The summed E-state index contributed by atoms with van der Waals surface area (Å²) in [6, 6.07) is 6.90. The first-order valence-corrected chi connectivity index (χ1v) is 14.7. The van der Waals surface area contributed by atoms with Gasteiger partial charge in [0, 0.05) is 17.4 Å². The van der Waals surface area contributed by atoms with Crippen molar-refractivity contribution in [3.63, 3.8) is 0 Å². The second-order valence-electron chi connectivity index (χ2n) is 8.42. The van der Waals surface area contributed by atoms with Gasteiger partial charge in [-0.3, -0.25) is 8.42 Å². The van der Waals surface area contributed by atoms with Gasteiger partial charge in [0.2, 0.25) is 0 Å². The molecule has 0 unspecified atom stereocenters. The van der Waals surface area contributed by atoms with Crippen molar-refractivity contribution < 1.29 is 16.8 Å². The van der Waals surface area contributed by atoms with Crippen LogP contribution in [0, 0.1) is 12.8 Å². The zero-order chi connectivity index (χ0) is 21.3. The fraction of sp³-hybridized carbons (Fsp3) is 0.696. The van der Waals surface area contributed by atoms with Gasteiger partial charge in [-0.15, -0.1) is 8.42 Å². The lowest BCUT2D eigenvalue weighted by Crippen LogP contribution is -2.31. The molecule has 1 N–H and O–H groups in total. The summed E-state index contributed by atoms with van der Waals surface area (Å²) < 4.78 is 31.0. The Kier molecular flexibility index (Phi) is 9.70. The average molecular weight is 444 g/mol. The van der Waals surface area contributed by atoms with Gasteiger partial charge in [0.25, 0.3) is 0 Å². The minimum absolute atomic E-state index is 0.108. The molecule has 0 aromatic heterocycles. The molecule has 0 saturated heterocycles. The summed E-state index contributed by atoms with van der Waals surface area (Å²) in [5.74, 6) is 2.20. The highest BCUT2D eigenvalue weighted by Gasteiger charge is 2.40. The number of carbonyl (C=O) groups excluding carboxylic acids is 1. The number of carbonyl (C=O) groups is 1. The molecule has 0 atom stereocenters. The lowest BCUT2D eigenvalue weighted by Gasteiger charge is -2.35. The fourth-order valence-electron chi connectivity index (χ4n) is 3.94. The van der Waals surface area contributed by atoms with Gasteiger partial charge in [0.1, 0.15) is 4.90 Å². The molecule has 1 saturated carbocycles. The number of Topliss-reactive ketones (excluding diaryl/α,β-unsaturated/α-hetero) is 1. The number of unbranched alkanes of at least 4 members (excludes halogenated alkanes) is 2. The maximum atomic E-state index is 13.2. The molecular weight excluding hydrogens is 404 g/mol. The normalized spacial score (nSPS) is 16.7. The van der Waals surface area contributed by atoms with Crippen LogP contribution in [0.1, 0.15) is 77.2 Å². The van der Waals surface area contributed by atoms with Crippen molar-refractivity contribution >= 4 is 26.2 Å². The van der Waals surface area contributed by atoms with E-state index in [1.165, 1.54) is 6.42 Å². The molecule has 1 aromatic carbocycles. The van der Waals surface area contributed by atoms with Crippen molar-refractivity contribution in [2.45, 2.75) is 83.5 Å². The number of ketones is 1. The first kappa shape index (κ1) is 24.4. The number of hydrogen-bond acceptors (Lipinski definition) is 3. The van der Waals surface area contributed by atoms with Crippen LogP contribution in [0.3, 0.4) is 0 Å². The van der Waals surface area contributed by atoms with Gasteiger partial charge in [0.15, 0.2) is 5.78 Å². The quantitative estimate of drug-likeness (QED) is 0.283. The molecule has 29 heavy (non-hydrogen) atoms. The predicted octanol–water partition coefficient (Wildman–Crippen LogP) is 6.25. The van der Waals surface area contributed by atoms with E-state index in [-0.39, 0.29) is 16.6 Å². The van der Waals surface area contributed by atoms with Crippen LogP contribution in [0.5, 0.6) is 0 Å². The van der Waals surface area contributed by atoms with Crippen LogP contribution >= 0.6 is 10.3 Å². The molecule has 1 aliphatic carbocycles. The zero-order valence-corrected chi connectivity index (χ0v) is 20.0. The van der Waals surface area contributed by atoms with Gasteiger partial charge in [0.05, 0.1) is 5.75 Å². The standard InChI is InChI=1S/C23H38O4S2/c1-4-6-17-28(18-7-5-2,19-23(24)21-11-9-8-10-12-21)27-29(25,26)22-15-13-20(3)14-16-22/h13-16,21H,4-12,17-19H2,1-3H3/p+1. The van der Waals surface area contributed by atoms with Crippen molar-refractivity contribution in [1.29, 1.82) is 0 Å². The van der Waals surface area contributed by atoms with Gasteiger partial charge in [-0.25, -0.2) is 0 Å². The fourth-order valence-corrected chi connectivity index (χ4v) is 10.1. The summed E-state index contributed by atoms with van der Waals surface area (Å²) in [6.45, 7) is 6.16. The first-order valence-electron chi connectivity index (χ1n) is 11.2. The summed E-state index contributed by atoms with van der Waals surface area (Å²) in [7, 11) is -5.66. The predicted molar refractivity (Wildman–Crippen MR) is 125 cm³/mol. The Hall–Kier alpha value is -0.850. The smallest absolute Gasteiger partial charge is 0.298 e. The highest BCUT2D eigenvalue weighted by Crippen LogP contribution is 2.51. The number of benzene rings is 1. The number of aryl methyl sites for hydroxylation is 1. The molecule has 0 bridgehead atoms. The third kappa shape index (κ3) is 7.41. The second kappa shape index (κ2) is 11.5. The maximum Gasteiger partial charge on any atom is 0.421 e. The summed E-state index contributed by atoms with van der Waals surface area (Å²) in [6.07, 6.45) is 9.16. The van der Waals surface area contributed by atoms with E-state index >= 15 is 0 Å². The van der Waals surface area contributed by atoms with Crippen LogP contribution < -0.4 is 0 Å². The third-order valence-electron chi connectivity index (χ3n) is 5.80. The molecule has 0 spiro atoms. The van der Waals surface area contributed by atoms with E-state index < -0.39 is 20.4 Å². The second-order valence-corrected chi connectivity index (χ2v) is 13.5. The number of rotatable bonds is 12. The zero-order valence-electron chi connectivity index (χ0n) is 18.4. The Labute approximate surface area is 179 Å². The van der Waals surface area contributed by atoms with Gasteiger partial charge < -0.3 is 0 Å². The summed E-state index contributed by atoms with van der Waals surface area (Å²) >= 11 is 0. The monoisotopic (exact) mass is 443 g/mol. The van der Waals surface area contributed by atoms with Gasteiger partial charge in [-0.2, -0.15) is 0 Å². The average Bonchev–Trinajstić information content (AvgIpc) is 2.71. The molecule has 1 aliphatic rings. The Morgan fingerprint density at radius 3 is 2.03 bits per heavy atom. The minimum Gasteiger partial charge on any atom is -0.298 e. The van der Waals surface area contributed by atoms with Gasteiger partial charge >= 0.3 is 10.1 Å². The topological polar surface area (TPSA) is 64.0 Å². The van der Waals surface area contributed by atoms with E-state index in [1.807, 2.05) is 19.1 Å². The minimum atomic E-state index is -3.76. The van der Waals surface area contributed by atoms with E-state index in [1.54, 1.807) is 12.1 Å². The van der Waals surface area contributed by atoms with Crippen LogP contribution in [-0.4, -0.2) is 35.1 Å². The van der Waals surface area contributed by atoms with Crippen molar-refractivity contribution in [2.24, 2.45) is 5.92 Å². The summed E-state index contributed by atoms with van der Waals surface area (Å²) in [5, 5.41) is 0. The molecule has 0 radical (unpaired) electrons. The molecular formula is C23H39O4S2+. The molecule has 6 heteroatoms. The molecule has 0 amide bonds. The highest BCUT2D eigenvalue weighted by molar-refractivity contribution is 8.32. The van der Waals surface area contributed by atoms with Crippen LogP contribution in [0.4, 0.5) is 0 Å². The molecule has 4 nitrogen and oxygen atoms in total. The Morgan fingerprint density at radius 2 is 1.52 bits per heavy atom. The lowest BCUT2D eigenvalue weighted by atomic mass is 9.87. The van der Waals surface area contributed by atoms with E-state index in [0.717, 1.165) is 68.4 Å². The van der Waals surface area contributed by atoms with Crippen LogP contribution in [0.15, 0.2) is 29.2 Å². The summed E-state index contributed by atoms with van der Waals surface area (Å²) in [5.41, 5.74) is 1.02. The van der Waals surface area contributed by atoms with Crippen molar-refractivity contribution in [3.05, 3.63) is 29.8 Å². The molecule has 166 valence electrons. The van der Waals surface area contributed by atoms with Crippen molar-refractivity contribution in [2.75, 3.05) is 17.3 Å². The van der Waals surface area contributed by atoms with Gasteiger partial charge in [-0.05, 0) is 55.0 Å². The van der Waals surface area contributed by atoms with E-state index in [4.69, 9.17) is 0 Å². The lowest BCUT2D eigenvalue weighted by molar-refractivity contribution is -0.121. The molecule has 2 rings (SSSR count). The Balaban J connectivity index is 2.29. The van der Waals surface area contributed by atoms with Crippen molar-refractivity contribution in [1.82, 2.24) is 0 Å². The highest BCUT2D eigenvalue weighted by atomic mass is 32.3. The van der Waals surface area contributed by atoms with Crippen molar-refractivity contribution in [3.8, 4) is 0 Å². The first-order chi connectivity index (χ1) is 13.8. The summed E-state index contributed by atoms with van der Waals surface area (Å²) in [4.78, 5) is 13.4. The third-order valence-corrected chi connectivity index (χ3v) is 11.6. The van der Waals surface area contributed by atoms with E-state index in [2.05, 4.69) is 17.5 Å². The van der Waals surface area contributed by atoms with Crippen LogP contribution in [0.2, 0.25) is 0 Å². The SMILES string of the molecule is CCCCS(CCCC)(CC(=O)C1CCCCC1)[OH+]S(=O)(=O)c1ccc(C)cc1. The Bertz CT molecular complexity index is 727. The maximum absolute atomic E-state index is 13.2. The van der Waals surface area contributed by atoms with E-state index in [9.17, 15) is 13.2 Å². The molecule has 1 aromatic rings. The van der Waals surface area contributed by atoms with Gasteiger partial charge in [-0.1, -0.05) is 63.6 Å². The number of hydrogen-bond donors (Lipinski definition) is 0. The van der Waals surface area contributed by atoms with E-state index in [0.29, 0.717) is 5.75 Å².